The summed E-state index contributed by atoms with van der Waals surface area (Å²) < 4.78 is 0. The number of aromatic nitrogens is 2. The van der Waals surface area contributed by atoms with Crippen LogP contribution in [0, 0.1) is 0 Å². The molecule has 1 atom stereocenters. The van der Waals surface area contributed by atoms with Gasteiger partial charge in [-0.2, -0.15) is 0 Å². The normalized spacial score (nSPS) is 16.5. The second kappa shape index (κ2) is 11.0. The molecular formula is C17H31N5O3. The molecule has 1 fully saturated rings. The van der Waals surface area contributed by atoms with Crippen molar-refractivity contribution < 1.29 is 15.0 Å². The molecule has 1 unspecified atom stereocenters. The second-order valence-corrected chi connectivity index (χ2v) is 6.78. The predicted molar refractivity (Wildman–Crippen MR) is 98.0 cm³/mol. The SMILES string of the molecule is CC(C)c1cnc(N2CCN(CC(O)CN(C)C)CC2)nc1.O=CO. The van der Waals surface area contributed by atoms with Gasteiger partial charge in [0.25, 0.3) is 6.47 Å². The Labute approximate surface area is 150 Å². The van der Waals surface area contributed by atoms with Crippen molar-refractivity contribution in [2.24, 2.45) is 0 Å². The first kappa shape index (κ1) is 21.3. The van der Waals surface area contributed by atoms with Crippen LogP contribution in [0.15, 0.2) is 12.4 Å². The predicted octanol–water partition coefficient (Wildman–Crippen LogP) is 0.345. The van der Waals surface area contributed by atoms with E-state index in [4.69, 9.17) is 9.90 Å². The van der Waals surface area contributed by atoms with Gasteiger partial charge in [-0.3, -0.25) is 9.69 Å². The highest BCUT2D eigenvalue weighted by Gasteiger charge is 2.21. The van der Waals surface area contributed by atoms with Crippen LogP contribution < -0.4 is 4.90 Å². The molecule has 0 spiro atoms. The molecule has 142 valence electrons. The molecule has 25 heavy (non-hydrogen) atoms. The van der Waals surface area contributed by atoms with E-state index in [1.807, 2.05) is 31.4 Å². The monoisotopic (exact) mass is 353 g/mol. The summed E-state index contributed by atoms with van der Waals surface area (Å²) in [5.74, 6) is 1.28. The molecule has 0 aliphatic carbocycles. The Kier molecular flexibility index (Phi) is 9.33. The molecule has 1 saturated heterocycles. The summed E-state index contributed by atoms with van der Waals surface area (Å²) in [6, 6.07) is 0. The van der Waals surface area contributed by atoms with Crippen LogP contribution in [0.2, 0.25) is 0 Å². The number of hydrogen-bond donors (Lipinski definition) is 2. The van der Waals surface area contributed by atoms with Crippen LogP contribution in [0.5, 0.6) is 0 Å². The number of aliphatic hydroxyl groups is 1. The number of nitrogens with zero attached hydrogens (tertiary/aromatic N) is 5. The van der Waals surface area contributed by atoms with Gasteiger partial charge in [-0.1, -0.05) is 13.8 Å². The molecule has 0 aromatic carbocycles. The molecule has 8 nitrogen and oxygen atoms in total. The number of hydrogen-bond acceptors (Lipinski definition) is 7. The molecule has 0 amide bonds. The highest BCUT2D eigenvalue weighted by Crippen LogP contribution is 2.15. The summed E-state index contributed by atoms with van der Waals surface area (Å²) >= 11 is 0. The van der Waals surface area contributed by atoms with E-state index < -0.39 is 0 Å². The third-order valence-electron chi connectivity index (χ3n) is 4.02. The lowest BCUT2D eigenvalue weighted by Gasteiger charge is -2.35. The molecule has 1 aliphatic rings. The van der Waals surface area contributed by atoms with Crippen molar-refractivity contribution in [3.8, 4) is 0 Å². The Bertz CT molecular complexity index is 488. The van der Waals surface area contributed by atoms with Crippen molar-refractivity contribution in [3.63, 3.8) is 0 Å². The van der Waals surface area contributed by atoms with Gasteiger partial charge < -0.3 is 20.0 Å². The van der Waals surface area contributed by atoms with Gasteiger partial charge in [0.1, 0.15) is 0 Å². The molecule has 0 radical (unpaired) electrons. The highest BCUT2D eigenvalue weighted by atomic mass is 16.3. The maximum Gasteiger partial charge on any atom is 0.290 e. The summed E-state index contributed by atoms with van der Waals surface area (Å²) in [6.45, 7) is 9.20. The van der Waals surface area contributed by atoms with Gasteiger partial charge in [-0.05, 0) is 25.6 Å². The van der Waals surface area contributed by atoms with Gasteiger partial charge >= 0.3 is 0 Å². The Hall–Kier alpha value is -1.77. The van der Waals surface area contributed by atoms with E-state index in [2.05, 4.69) is 33.6 Å². The molecule has 1 aromatic rings. The third kappa shape index (κ3) is 7.76. The summed E-state index contributed by atoms with van der Waals surface area (Å²) in [5.41, 5.74) is 1.18. The highest BCUT2D eigenvalue weighted by molar-refractivity contribution is 5.32. The van der Waals surface area contributed by atoms with E-state index in [1.165, 1.54) is 5.56 Å². The average molecular weight is 353 g/mol. The van der Waals surface area contributed by atoms with Gasteiger partial charge in [0.05, 0.1) is 6.10 Å². The first-order valence-corrected chi connectivity index (χ1v) is 8.57. The summed E-state index contributed by atoms with van der Waals surface area (Å²) in [4.78, 5) is 23.9. The number of carbonyl (C=O) groups is 1. The second-order valence-electron chi connectivity index (χ2n) is 6.78. The van der Waals surface area contributed by atoms with Crippen molar-refractivity contribution in [1.29, 1.82) is 0 Å². The van der Waals surface area contributed by atoms with Crippen molar-refractivity contribution in [1.82, 2.24) is 19.8 Å². The van der Waals surface area contributed by atoms with Crippen molar-refractivity contribution in [2.45, 2.75) is 25.9 Å². The first-order valence-electron chi connectivity index (χ1n) is 8.57. The third-order valence-corrected chi connectivity index (χ3v) is 4.02. The van der Waals surface area contributed by atoms with E-state index in [0.717, 1.165) is 38.7 Å². The lowest BCUT2D eigenvalue weighted by Crippen LogP contribution is -2.50. The molecular weight excluding hydrogens is 322 g/mol. The minimum absolute atomic E-state index is 0.250. The minimum atomic E-state index is -0.289. The Balaban J connectivity index is 0.000000970. The zero-order chi connectivity index (χ0) is 18.8. The van der Waals surface area contributed by atoms with Crippen LogP contribution in [-0.2, 0) is 4.79 Å². The fourth-order valence-electron chi connectivity index (χ4n) is 2.70. The van der Waals surface area contributed by atoms with E-state index in [0.29, 0.717) is 12.5 Å². The van der Waals surface area contributed by atoms with Crippen LogP contribution in [0.4, 0.5) is 5.95 Å². The van der Waals surface area contributed by atoms with Gasteiger partial charge in [0.2, 0.25) is 5.95 Å². The van der Waals surface area contributed by atoms with Gasteiger partial charge in [-0.25, -0.2) is 9.97 Å². The Morgan fingerprint density at radius 1 is 1.20 bits per heavy atom. The van der Waals surface area contributed by atoms with Gasteiger partial charge in [0, 0.05) is 51.7 Å². The molecule has 0 bridgehead atoms. The van der Waals surface area contributed by atoms with E-state index >= 15 is 0 Å². The molecule has 2 heterocycles. The number of β-amino-alcohol motifs (C(OH)–C–C–N with tert-alkyl or cyclic N) is 1. The maximum absolute atomic E-state index is 10.0. The number of aliphatic hydroxyl groups excluding tert-OH is 1. The molecule has 8 heteroatoms. The number of carboxylic acid groups (broad SMARTS) is 1. The van der Waals surface area contributed by atoms with Crippen LogP contribution in [0.25, 0.3) is 0 Å². The first-order chi connectivity index (χ1) is 11.9. The molecule has 1 aliphatic heterocycles. The van der Waals surface area contributed by atoms with E-state index in [9.17, 15) is 5.11 Å². The van der Waals surface area contributed by atoms with E-state index in [1.54, 1.807) is 0 Å². The number of likely N-dealkylation sites (N-methyl/N-ethyl adjacent to an activating group) is 1. The van der Waals surface area contributed by atoms with Crippen molar-refractivity contribution >= 4 is 12.4 Å². The Morgan fingerprint density at radius 3 is 2.16 bits per heavy atom. The van der Waals surface area contributed by atoms with Gasteiger partial charge in [-0.15, -0.1) is 0 Å². The minimum Gasteiger partial charge on any atom is -0.483 e. The van der Waals surface area contributed by atoms with Gasteiger partial charge in [0.15, 0.2) is 0 Å². The van der Waals surface area contributed by atoms with Crippen LogP contribution in [0.1, 0.15) is 25.3 Å². The van der Waals surface area contributed by atoms with Crippen molar-refractivity contribution in [2.75, 3.05) is 58.3 Å². The smallest absolute Gasteiger partial charge is 0.290 e. The lowest BCUT2D eigenvalue weighted by atomic mass is 10.1. The zero-order valence-corrected chi connectivity index (χ0v) is 15.7. The fraction of sp³-hybridized carbons (Fsp3) is 0.706. The Morgan fingerprint density at radius 2 is 1.72 bits per heavy atom. The number of anilines is 1. The molecule has 0 saturated carbocycles. The number of rotatable bonds is 6. The van der Waals surface area contributed by atoms with Crippen LogP contribution >= 0.6 is 0 Å². The summed E-state index contributed by atoms with van der Waals surface area (Å²) in [6.07, 6.45) is 3.57. The zero-order valence-electron chi connectivity index (χ0n) is 15.7. The molecule has 1 aromatic heterocycles. The number of piperazine rings is 1. The fourth-order valence-corrected chi connectivity index (χ4v) is 2.70. The summed E-state index contributed by atoms with van der Waals surface area (Å²) in [5, 5.41) is 16.9. The average Bonchev–Trinajstić information content (AvgIpc) is 2.55. The van der Waals surface area contributed by atoms with Crippen LogP contribution in [0.3, 0.4) is 0 Å². The summed E-state index contributed by atoms with van der Waals surface area (Å²) in [7, 11) is 3.97. The quantitative estimate of drug-likeness (QED) is 0.708. The maximum atomic E-state index is 10.0. The van der Waals surface area contributed by atoms with Crippen LogP contribution in [-0.4, -0.2) is 95.9 Å². The topological polar surface area (TPSA) is 93.0 Å². The van der Waals surface area contributed by atoms with Crippen molar-refractivity contribution in [3.05, 3.63) is 18.0 Å². The van der Waals surface area contributed by atoms with E-state index in [-0.39, 0.29) is 12.6 Å². The largest absolute Gasteiger partial charge is 0.483 e. The molecule has 2 N–H and O–H groups in total. The standard InChI is InChI=1S/C16H29N5O.CH2O2/c1-13(2)14-9-17-16(18-10-14)21-7-5-20(6-8-21)12-15(22)11-19(3)4;2-1-3/h9-10,13,15,22H,5-8,11-12H2,1-4H3;1H,(H,2,3). The molecule has 2 rings (SSSR count). The lowest BCUT2D eigenvalue weighted by molar-refractivity contribution is -0.122.